The third kappa shape index (κ3) is 4.40. The van der Waals surface area contributed by atoms with Gasteiger partial charge >= 0.3 is 0 Å². The van der Waals surface area contributed by atoms with Gasteiger partial charge < -0.3 is 5.32 Å². The van der Waals surface area contributed by atoms with Crippen molar-refractivity contribution in [3.63, 3.8) is 0 Å². The van der Waals surface area contributed by atoms with Crippen LogP contribution in [0.1, 0.15) is 66.1 Å². The second kappa shape index (κ2) is 9.72. The Bertz CT molecular complexity index is 1290. The maximum atomic E-state index is 13.2. The van der Waals surface area contributed by atoms with E-state index < -0.39 is 10.0 Å². The molecule has 7 nitrogen and oxygen atoms in total. The molecule has 1 atom stereocenters. The number of nitrogens with one attached hydrogen (secondary N) is 1. The molecule has 0 spiro atoms. The first kappa shape index (κ1) is 24.2. The molecule has 4 rings (SSSR count). The van der Waals surface area contributed by atoms with Gasteiger partial charge in [-0.15, -0.1) is 0 Å². The van der Waals surface area contributed by atoms with Gasteiger partial charge in [0.15, 0.2) is 5.69 Å². The monoisotopic (exact) mass is 480 g/mol. The van der Waals surface area contributed by atoms with Crippen molar-refractivity contribution in [2.75, 3.05) is 13.1 Å². The van der Waals surface area contributed by atoms with Crippen molar-refractivity contribution in [1.82, 2.24) is 19.4 Å². The van der Waals surface area contributed by atoms with Crippen LogP contribution in [0.25, 0.3) is 5.69 Å². The first-order valence-corrected chi connectivity index (χ1v) is 13.3. The molecule has 0 radical (unpaired) electrons. The predicted molar refractivity (Wildman–Crippen MR) is 133 cm³/mol. The van der Waals surface area contributed by atoms with Crippen LogP contribution in [0.15, 0.2) is 53.4 Å². The summed E-state index contributed by atoms with van der Waals surface area (Å²) in [4.78, 5) is 13.5. The number of rotatable bonds is 8. The van der Waals surface area contributed by atoms with E-state index in [4.69, 9.17) is 5.10 Å². The molecule has 34 heavy (non-hydrogen) atoms. The average molecular weight is 481 g/mol. The summed E-state index contributed by atoms with van der Waals surface area (Å²) >= 11 is 0. The third-order valence-corrected chi connectivity index (χ3v) is 8.62. The van der Waals surface area contributed by atoms with Crippen molar-refractivity contribution >= 4 is 15.9 Å². The Hall–Kier alpha value is -2.97. The number of para-hydroxylation sites is 1. The number of carbonyl (C=O) groups excluding carboxylic acids is 1. The van der Waals surface area contributed by atoms with E-state index in [0.717, 1.165) is 47.3 Å². The quantitative estimate of drug-likeness (QED) is 0.524. The molecule has 2 aromatic carbocycles. The van der Waals surface area contributed by atoms with Crippen molar-refractivity contribution in [2.45, 2.75) is 57.9 Å². The molecule has 1 aliphatic rings. The first-order chi connectivity index (χ1) is 16.3. The van der Waals surface area contributed by atoms with E-state index in [2.05, 4.69) is 5.32 Å². The van der Waals surface area contributed by atoms with E-state index in [0.29, 0.717) is 18.8 Å². The van der Waals surface area contributed by atoms with Gasteiger partial charge in [0.25, 0.3) is 5.91 Å². The Labute approximate surface area is 201 Å². The number of nitrogens with zero attached hydrogens (tertiary/aromatic N) is 3. The standard InChI is InChI=1S/C26H32N4O3S/c1-5-29(6-2)34(32,33)21-16-14-20(15-17-21)19(4)27-26(31)25-22-11-9-13-24(22)30(28-25)23-12-8-7-10-18(23)3/h7-8,10,12,14-17,19H,5-6,9,11,13H2,1-4H3,(H,27,31). The molecule has 1 aliphatic carbocycles. The van der Waals surface area contributed by atoms with Crippen LogP contribution in [0.3, 0.4) is 0 Å². The normalized spacial score (nSPS) is 14.3. The zero-order valence-corrected chi connectivity index (χ0v) is 21.0. The summed E-state index contributed by atoms with van der Waals surface area (Å²) < 4.78 is 28.8. The van der Waals surface area contributed by atoms with Gasteiger partial charge in [-0.2, -0.15) is 9.40 Å². The average Bonchev–Trinajstić information content (AvgIpc) is 3.43. The van der Waals surface area contributed by atoms with Crippen molar-refractivity contribution < 1.29 is 13.2 Å². The zero-order valence-electron chi connectivity index (χ0n) is 20.2. The minimum Gasteiger partial charge on any atom is -0.344 e. The Kier molecular flexibility index (Phi) is 6.91. The van der Waals surface area contributed by atoms with Gasteiger partial charge in [0.2, 0.25) is 10.0 Å². The molecule has 1 aromatic heterocycles. The second-order valence-corrected chi connectivity index (χ2v) is 10.6. The fourth-order valence-corrected chi connectivity index (χ4v) is 6.07. The van der Waals surface area contributed by atoms with Crippen molar-refractivity contribution in [3.05, 3.63) is 76.6 Å². The maximum absolute atomic E-state index is 13.2. The van der Waals surface area contributed by atoms with Crippen LogP contribution >= 0.6 is 0 Å². The molecular formula is C26H32N4O3S. The van der Waals surface area contributed by atoms with Crippen LogP contribution in [0, 0.1) is 6.92 Å². The first-order valence-electron chi connectivity index (χ1n) is 11.9. The molecule has 1 amide bonds. The Balaban J connectivity index is 1.55. The third-order valence-electron chi connectivity index (χ3n) is 6.56. The second-order valence-electron chi connectivity index (χ2n) is 8.68. The summed E-state index contributed by atoms with van der Waals surface area (Å²) in [7, 11) is -3.51. The number of fused-ring (bicyclic) bond motifs is 1. The molecular weight excluding hydrogens is 448 g/mol. The fraction of sp³-hybridized carbons (Fsp3) is 0.385. The van der Waals surface area contributed by atoms with E-state index in [1.165, 1.54) is 4.31 Å². The number of aryl methyl sites for hydroxylation is 1. The number of benzene rings is 2. The van der Waals surface area contributed by atoms with Crippen molar-refractivity contribution in [2.24, 2.45) is 0 Å². The Morgan fingerprint density at radius 3 is 2.41 bits per heavy atom. The molecule has 1 unspecified atom stereocenters. The highest BCUT2D eigenvalue weighted by Crippen LogP contribution is 2.29. The van der Waals surface area contributed by atoms with Gasteiger partial charge in [-0.1, -0.05) is 44.2 Å². The predicted octanol–water partition coefficient (Wildman–Crippen LogP) is 4.19. The van der Waals surface area contributed by atoms with Gasteiger partial charge in [0.05, 0.1) is 16.6 Å². The highest BCUT2D eigenvalue weighted by atomic mass is 32.2. The summed E-state index contributed by atoms with van der Waals surface area (Å²) in [6.45, 7) is 8.43. The topological polar surface area (TPSA) is 84.3 Å². The van der Waals surface area contributed by atoms with Gasteiger partial charge in [-0.25, -0.2) is 13.1 Å². The van der Waals surface area contributed by atoms with Gasteiger partial charge in [0, 0.05) is 24.3 Å². The molecule has 0 saturated carbocycles. The molecule has 1 N–H and O–H groups in total. The van der Waals surface area contributed by atoms with Gasteiger partial charge in [-0.3, -0.25) is 4.79 Å². The van der Waals surface area contributed by atoms with E-state index in [1.807, 2.05) is 56.6 Å². The molecule has 0 bridgehead atoms. The maximum Gasteiger partial charge on any atom is 0.272 e. The van der Waals surface area contributed by atoms with E-state index in [9.17, 15) is 13.2 Å². The van der Waals surface area contributed by atoms with E-state index in [-0.39, 0.29) is 16.8 Å². The molecule has 180 valence electrons. The number of hydrogen-bond donors (Lipinski definition) is 1. The molecule has 0 aliphatic heterocycles. The smallest absolute Gasteiger partial charge is 0.272 e. The number of hydrogen-bond acceptors (Lipinski definition) is 4. The summed E-state index contributed by atoms with van der Waals surface area (Å²) in [6, 6.07) is 14.5. The van der Waals surface area contributed by atoms with Gasteiger partial charge in [-0.05, 0) is 62.4 Å². The van der Waals surface area contributed by atoms with Crippen LogP contribution in [0.2, 0.25) is 0 Å². The minimum atomic E-state index is -3.51. The zero-order chi connectivity index (χ0) is 24.5. The Morgan fingerprint density at radius 1 is 1.09 bits per heavy atom. The number of sulfonamides is 1. The van der Waals surface area contributed by atoms with E-state index >= 15 is 0 Å². The SMILES string of the molecule is CCN(CC)S(=O)(=O)c1ccc(C(C)NC(=O)c2nn(-c3ccccc3C)c3c2CCC3)cc1. The molecule has 8 heteroatoms. The fourth-order valence-electron chi connectivity index (χ4n) is 4.61. The summed E-state index contributed by atoms with van der Waals surface area (Å²) in [5.41, 5.74) is 5.55. The van der Waals surface area contributed by atoms with Crippen molar-refractivity contribution in [1.29, 1.82) is 0 Å². The Morgan fingerprint density at radius 2 is 1.76 bits per heavy atom. The van der Waals surface area contributed by atoms with Crippen LogP contribution < -0.4 is 5.32 Å². The lowest BCUT2D eigenvalue weighted by atomic mass is 10.1. The van der Waals surface area contributed by atoms with Crippen LogP contribution in [-0.4, -0.2) is 41.5 Å². The summed E-state index contributed by atoms with van der Waals surface area (Å²) in [5.74, 6) is -0.210. The lowest BCUT2D eigenvalue weighted by Gasteiger charge is -2.19. The van der Waals surface area contributed by atoms with Crippen LogP contribution in [0.4, 0.5) is 0 Å². The lowest BCUT2D eigenvalue weighted by Crippen LogP contribution is -2.30. The van der Waals surface area contributed by atoms with Gasteiger partial charge in [0.1, 0.15) is 0 Å². The number of aromatic nitrogens is 2. The molecule has 0 saturated heterocycles. The minimum absolute atomic E-state index is 0.210. The summed E-state index contributed by atoms with van der Waals surface area (Å²) in [5, 5.41) is 7.76. The highest BCUT2D eigenvalue weighted by molar-refractivity contribution is 7.89. The lowest BCUT2D eigenvalue weighted by molar-refractivity contribution is 0.0933. The highest BCUT2D eigenvalue weighted by Gasteiger charge is 2.28. The molecule has 1 heterocycles. The molecule has 0 fully saturated rings. The van der Waals surface area contributed by atoms with Crippen molar-refractivity contribution in [3.8, 4) is 5.69 Å². The summed E-state index contributed by atoms with van der Waals surface area (Å²) in [6.07, 6.45) is 2.76. The molecule has 3 aromatic rings. The number of carbonyl (C=O) groups is 1. The van der Waals surface area contributed by atoms with E-state index in [1.54, 1.807) is 24.3 Å². The number of amides is 1. The van der Waals surface area contributed by atoms with Crippen LogP contribution in [-0.2, 0) is 22.9 Å². The van der Waals surface area contributed by atoms with Crippen LogP contribution in [0.5, 0.6) is 0 Å². The largest absolute Gasteiger partial charge is 0.344 e.